The zero-order valence-electron chi connectivity index (χ0n) is 11.2. The molecular formula is C17H15ClN2. The van der Waals surface area contributed by atoms with Gasteiger partial charge in [-0.15, -0.1) is 0 Å². The van der Waals surface area contributed by atoms with Crippen LogP contribution in [0.1, 0.15) is 18.5 Å². The number of benzene rings is 2. The molecule has 0 aliphatic carbocycles. The maximum Gasteiger partial charge on any atom is 0.0722 e. The van der Waals surface area contributed by atoms with Gasteiger partial charge in [-0.05, 0) is 36.8 Å². The third-order valence-electron chi connectivity index (χ3n) is 3.39. The molecule has 2 aromatic carbocycles. The molecule has 3 aromatic rings. The molecule has 0 fully saturated rings. The van der Waals surface area contributed by atoms with E-state index < -0.39 is 0 Å². The first kappa shape index (κ1) is 12.9. The molecular weight excluding hydrogens is 268 g/mol. The van der Waals surface area contributed by atoms with Crippen molar-refractivity contribution in [2.24, 2.45) is 0 Å². The summed E-state index contributed by atoms with van der Waals surface area (Å²) in [7, 11) is 0. The van der Waals surface area contributed by atoms with Crippen LogP contribution in [-0.4, -0.2) is 4.98 Å². The maximum absolute atomic E-state index is 5.93. The number of rotatable bonds is 3. The van der Waals surface area contributed by atoms with E-state index in [1.54, 1.807) is 0 Å². The Balaban J connectivity index is 1.91. The van der Waals surface area contributed by atoms with Crippen molar-refractivity contribution in [2.45, 2.75) is 13.0 Å². The summed E-state index contributed by atoms with van der Waals surface area (Å²) in [4.78, 5) is 4.38. The van der Waals surface area contributed by atoms with E-state index in [0.29, 0.717) is 0 Å². The number of fused-ring (bicyclic) bond motifs is 1. The molecule has 0 radical (unpaired) electrons. The molecule has 1 unspecified atom stereocenters. The number of anilines is 1. The number of nitrogens with zero attached hydrogens (tertiary/aromatic N) is 1. The highest BCUT2D eigenvalue weighted by Gasteiger charge is 2.07. The van der Waals surface area contributed by atoms with Crippen molar-refractivity contribution in [3.8, 4) is 0 Å². The maximum atomic E-state index is 5.93. The van der Waals surface area contributed by atoms with Gasteiger partial charge in [0.1, 0.15) is 0 Å². The molecule has 0 aliphatic rings. The summed E-state index contributed by atoms with van der Waals surface area (Å²) in [6.45, 7) is 2.14. The molecule has 0 spiro atoms. The van der Waals surface area contributed by atoms with Crippen LogP contribution in [0.2, 0.25) is 5.02 Å². The van der Waals surface area contributed by atoms with Gasteiger partial charge in [0.2, 0.25) is 0 Å². The quantitative estimate of drug-likeness (QED) is 0.726. The largest absolute Gasteiger partial charge is 0.378 e. The van der Waals surface area contributed by atoms with Crippen molar-refractivity contribution in [3.05, 3.63) is 71.4 Å². The predicted molar refractivity (Wildman–Crippen MR) is 85.2 cm³/mol. The number of hydrogen-bond donors (Lipinski definition) is 1. The Hall–Kier alpha value is -2.06. The van der Waals surface area contributed by atoms with Crippen molar-refractivity contribution in [2.75, 3.05) is 5.32 Å². The zero-order chi connectivity index (χ0) is 13.9. The average molecular weight is 283 g/mol. The molecule has 1 N–H and O–H groups in total. The first-order chi connectivity index (χ1) is 9.74. The minimum atomic E-state index is 0.207. The van der Waals surface area contributed by atoms with Gasteiger partial charge in [-0.1, -0.05) is 41.9 Å². The van der Waals surface area contributed by atoms with E-state index in [0.717, 1.165) is 21.6 Å². The van der Waals surface area contributed by atoms with Crippen LogP contribution in [0.25, 0.3) is 10.9 Å². The third-order valence-corrected chi connectivity index (χ3v) is 3.64. The van der Waals surface area contributed by atoms with E-state index in [1.807, 2.05) is 54.7 Å². The summed E-state index contributed by atoms with van der Waals surface area (Å²) in [5.74, 6) is 0. The number of halogens is 1. The fourth-order valence-corrected chi connectivity index (χ4v) is 2.42. The Labute approximate surface area is 123 Å². The molecule has 1 heterocycles. The van der Waals surface area contributed by atoms with E-state index in [1.165, 1.54) is 5.56 Å². The summed E-state index contributed by atoms with van der Waals surface area (Å²) >= 11 is 5.93. The van der Waals surface area contributed by atoms with E-state index in [4.69, 9.17) is 11.6 Å². The van der Waals surface area contributed by atoms with Crippen LogP contribution in [0.4, 0.5) is 5.69 Å². The lowest BCUT2D eigenvalue weighted by molar-refractivity contribution is 0.886. The second kappa shape index (κ2) is 5.51. The lowest BCUT2D eigenvalue weighted by Gasteiger charge is -2.17. The molecule has 100 valence electrons. The van der Waals surface area contributed by atoms with Crippen molar-refractivity contribution in [1.29, 1.82) is 0 Å². The standard InChI is InChI=1S/C17H15ClN2/c1-12(13-6-8-14(18)9-7-13)20-17-10-11-19-16-5-3-2-4-15(16)17/h2-12H,1H3,(H,19,20). The first-order valence-corrected chi connectivity index (χ1v) is 6.97. The smallest absolute Gasteiger partial charge is 0.0722 e. The van der Waals surface area contributed by atoms with Gasteiger partial charge in [-0.3, -0.25) is 4.98 Å². The van der Waals surface area contributed by atoms with Gasteiger partial charge >= 0.3 is 0 Å². The van der Waals surface area contributed by atoms with Crippen LogP contribution in [0.15, 0.2) is 60.8 Å². The Morgan fingerprint density at radius 2 is 1.75 bits per heavy atom. The van der Waals surface area contributed by atoms with E-state index in [9.17, 15) is 0 Å². The van der Waals surface area contributed by atoms with Gasteiger partial charge < -0.3 is 5.32 Å². The normalized spacial score (nSPS) is 12.3. The SMILES string of the molecule is CC(Nc1ccnc2ccccc12)c1ccc(Cl)cc1. The van der Waals surface area contributed by atoms with Gasteiger partial charge in [0.25, 0.3) is 0 Å². The Morgan fingerprint density at radius 1 is 1.00 bits per heavy atom. The molecule has 0 saturated heterocycles. The highest BCUT2D eigenvalue weighted by atomic mass is 35.5. The van der Waals surface area contributed by atoms with Gasteiger partial charge in [-0.2, -0.15) is 0 Å². The predicted octanol–water partition coefficient (Wildman–Crippen LogP) is 5.06. The zero-order valence-corrected chi connectivity index (χ0v) is 11.9. The van der Waals surface area contributed by atoms with Gasteiger partial charge in [0.05, 0.1) is 5.52 Å². The minimum absolute atomic E-state index is 0.207. The molecule has 1 atom stereocenters. The molecule has 3 rings (SSSR count). The fourth-order valence-electron chi connectivity index (χ4n) is 2.29. The highest BCUT2D eigenvalue weighted by Crippen LogP contribution is 2.26. The van der Waals surface area contributed by atoms with Crippen LogP contribution in [0, 0.1) is 0 Å². The van der Waals surface area contributed by atoms with Crippen molar-refractivity contribution < 1.29 is 0 Å². The third kappa shape index (κ3) is 2.61. The summed E-state index contributed by atoms with van der Waals surface area (Å²) in [6.07, 6.45) is 1.83. The molecule has 3 heteroatoms. The molecule has 0 saturated carbocycles. The highest BCUT2D eigenvalue weighted by molar-refractivity contribution is 6.30. The Kier molecular flexibility index (Phi) is 3.57. The van der Waals surface area contributed by atoms with Gasteiger partial charge in [-0.25, -0.2) is 0 Å². The van der Waals surface area contributed by atoms with Crippen LogP contribution < -0.4 is 5.32 Å². The molecule has 20 heavy (non-hydrogen) atoms. The van der Waals surface area contributed by atoms with Crippen LogP contribution in [0.5, 0.6) is 0 Å². The van der Waals surface area contributed by atoms with Crippen molar-refractivity contribution >= 4 is 28.2 Å². The molecule has 0 aliphatic heterocycles. The Morgan fingerprint density at radius 3 is 2.55 bits per heavy atom. The molecule has 0 amide bonds. The van der Waals surface area contributed by atoms with Crippen LogP contribution >= 0.6 is 11.6 Å². The minimum Gasteiger partial charge on any atom is -0.378 e. The molecule has 2 nitrogen and oxygen atoms in total. The molecule has 1 aromatic heterocycles. The summed E-state index contributed by atoms with van der Waals surface area (Å²) in [5, 5.41) is 5.43. The van der Waals surface area contributed by atoms with Crippen LogP contribution in [0.3, 0.4) is 0 Å². The first-order valence-electron chi connectivity index (χ1n) is 6.60. The topological polar surface area (TPSA) is 24.9 Å². The fraction of sp³-hybridized carbons (Fsp3) is 0.118. The van der Waals surface area contributed by atoms with Gasteiger partial charge in [0, 0.05) is 28.3 Å². The van der Waals surface area contributed by atoms with E-state index in [-0.39, 0.29) is 6.04 Å². The second-order valence-electron chi connectivity index (χ2n) is 4.79. The monoisotopic (exact) mass is 282 g/mol. The van der Waals surface area contributed by atoms with Gasteiger partial charge in [0.15, 0.2) is 0 Å². The van der Waals surface area contributed by atoms with Crippen LogP contribution in [-0.2, 0) is 0 Å². The number of hydrogen-bond acceptors (Lipinski definition) is 2. The number of nitrogens with one attached hydrogen (secondary N) is 1. The second-order valence-corrected chi connectivity index (χ2v) is 5.23. The van der Waals surface area contributed by atoms with Crippen molar-refractivity contribution in [1.82, 2.24) is 4.98 Å². The number of para-hydroxylation sites is 1. The number of aromatic nitrogens is 1. The lowest BCUT2D eigenvalue weighted by atomic mass is 10.1. The average Bonchev–Trinajstić information content (AvgIpc) is 2.48. The Bertz CT molecular complexity index is 717. The van der Waals surface area contributed by atoms with Crippen molar-refractivity contribution in [3.63, 3.8) is 0 Å². The molecule has 0 bridgehead atoms. The van der Waals surface area contributed by atoms with E-state index >= 15 is 0 Å². The number of pyridine rings is 1. The summed E-state index contributed by atoms with van der Waals surface area (Å²) < 4.78 is 0. The lowest BCUT2D eigenvalue weighted by Crippen LogP contribution is -2.06. The summed E-state index contributed by atoms with van der Waals surface area (Å²) in [6, 6.07) is 18.3. The van der Waals surface area contributed by atoms with E-state index in [2.05, 4.69) is 23.3 Å². The summed E-state index contributed by atoms with van der Waals surface area (Å²) in [5.41, 5.74) is 3.30.